The lowest BCUT2D eigenvalue weighted by Crippen LogP contribution is -2.47. The summed E-state index contributed by atoms with van der Waals surface area (Å²) in [6, 6.07) is 7.51. The van der Waals surface area contributed by atoms with Gasteiger partial charge in [0.15, 0.2) is 0 Å². The third kappa shape index (κ3) is 5.15. The molecule has 9 heteroatoms. The Bertz CT molecular complexity index is 781. The van der Waals surface area contributed by atoms with Crippen LogP contribution in [0, 0.1) is 0 Å². The first kappa shape index (κ1) is 20.9. The highest BCUT2D eigenvalue weighted by Crippen LogP contribution is 2.25. The molecule has 3 unspecified atom stereocenters. The van der Waals surface area contributed by atoms with Crippen LogP contribution < -0.4 is 19.7 Å². The number of sulfonamides is 1. The summed E-state index contributed by atoms with van der Waals surface area (Å²) in [4.78, 5) is 13.4. The highest BCUT2D eigenvalue weighted by molar-refractivity contribution is 7.90. The van der Waals surface area contributed by atoms with Crippen LogP contribution in [0.5, 0.6) is 5.75 Å². The number of ether oxygens (including phenoxy) is 2. The van der Waals surface area contributed by atoms with Crippen molar-refractivity contribution in [3.05, 3.63) is 24.3 Å². The van der Waals surface area contributed by atoms with Gasteiger partial charge >= 0.3 is 0 Å². The Hall–Kier alpha value is -1.84. The van der Waals surface area contributed by atoms with Crippen molar-refractivity contribution >= 4 is 21.6 Å². The predicted octanol–water partition coefficient (Wildman–Crippen LogP) is 0.875. The quantitative estimate of drug-likeness (QED) is 0.691. The van der Waals surface area contributed by atoms with E-state index in [1.54, 1.807) is 13.8 Å². The van der Waals surface area contributed by atoms with Gasteiger partial charge in [0.05, 0.1) is 24.5 Å². The molecule has 2 aliphatic heterocycles. The number of carbonyl (C=O) groups is 1. The zero-order valence-corrected chi connectivity index (χ0v) is 17.4. The molecule has 3 rings (SSSR count). The highest BCUT2D eigenvalue weighted by atomic mass is 32.2. The molecule has 0 spiro atoms. The largest absolute Gasteiger partial charge is 0.486 e. The van der Waals surface area contributed by atoms with Crippen LogP contribution in [0.3, 0.4) is 0 Å². The van der Waals surface area contributed by atoms with Crippen molar-refractivity contribution in [2.24, 2.45) is 0 Å². The van der Waals surface area contributed by atoms with Gasteiger partial charge in [-0.1, -0.05) is 0 Å². The summed E-state index contributed by atoms with van der Waals surface area (Å²) >= 11 is 0. The van der Waals surface area contributed by atoms with Crippen LogP contribution >= 0.6 is 0 Å². The second-order valence-corrected chi connectivity index (χ2v) is 9.91. The molecule has 0 radical (unpaired) electrons. The smallest absolute Gasteiger partial charge is 0.217 e. The fourth-order valence-corrected chi connectivity index (χ4v) is 4.33. The first-order chi connectivity index (χ1) is 13.2. The molecule has 2 N–H and O–H groups in total. The van der Waals surface area contributed by atoms with Crippen molar-refractivity contribution < 1.29 is 22.7 Å². The summed E-state index contributed by atoms with van der Waals surface area (Å²) in [6.07, 6.45) is 0.560. The van der Waals surface area contributed by atoms with E-state index in [9.17, 15) is 13.2 Å². The Labute approximate surface area is 166 Å². The molecule has 156 valence electrons. The Kier molecular flexibility index (Phi) is 6.47. The minimum Gasteiger partial charge on any atom is -0.486 e. The van der Waals surface area contributed by atoms with Crippen LogP contribution in [-0.4, -0.2) is 64.1 Å². The van der Waals surface area contributed by atoms with E-state index >= 15 is 0 Å². The molecule has 1 aromatic carbocycles. The van der Waals surface area contributed by atoms with Crippen molar-refractivity contribution in [3.8, 4) is 5.75 Å². The van der Waals surface area contributed by atoms with Gasteiger partial charge in [0.2, 0.25) is 15.9 Å². The van der Waals surface area contributed by atoms with E-state index in [2.05, 4.69) is 14.9 Å². The molecule has 1 amide bonds. The van der Waals surface area contributed by atoms with E-state index in [0.29, 0.717) is 19.0 Å². The van der Waals surface area contributed by atoms with Crippen LogP contribution in [-0.2, 0) is 19.6 Å². The zero-order valence-electron chi connectivity index (χ0n) is 16.6. The second kappa shape index (κ2) is 8.67. The molecular weight excluding hydrogens is 382 g/mol. The molecular formula is C19H29N3O5S. The average molecular weight is 412 g/mol. The average Bonchev–Trinajstić information content (AvgIpc) is 3.25. The minimum absolute atomic E-state index is 0.00275. The maximum Gasteiger partial charge on any atom is 0.217 e. The van der Waals surface area contributed by atoms with Crippen LogP contribution in [0.2, 0.25) is 0 Å². The van der Waals surface area contributed by atoms with E-state index in [0.717, 1.165) is 25.2 Å². The lowest BCUT2D eigenvalue weighted by atomic mass is 10.2. The van der Waals surface area contributed by atoms with Crippen LogP contribution in [0.4, 0.5) is 5.69 Å². The fourth-order valence-electron chi connectivity index (χ4n) is 3.42. The Morgan fingerprint density at radius 3 is 2.61 bits per heavy atom. The highest BCUT2D eigenvalue weighted by Gasteiger charge is 2.34. The molecule has 8 nitrogen and oxygen atoms in total. The lowest BCUT2D eigenvalue weighted by molar-refractivity contribution is -0.119. The normalized spacial score (nSPS) is 25.3. The van der Waals surface area contributed by atoms with Gasteiger partial charge in [0.1, 0.15) is 11.9 Å². The van der Waals surface area contributed by atoms with Crippen molar-refractivity contribution in [2.45, 2.75) is 50.6 Å². The monoisotopic (exact) mass is 411 g/mol. The molecule has 0 saturated carbocycles. The zero-order chi connectivity index (χ0) is 20.3. The van der Waals surface area contributed by atoms with Crippen molar-refractivity contribution in [2.75, 3.05) is 31.2 Å². The molecule has 0 aromatic heterocycles. The molecule has 2 fully saturated rings. The summed E-state index contributed by atoms with van der Waals surface area (Å²) in [6.45, 7) is 7.14. The van der Waals surface area contributed by atoms with Gasteiger partial charge < -0.3 is 19.7 Å². The minimum atomic E-state index is -3.39. The van der Waals surface area contributed by atoms with Gasteiger partial charge in [0, 0.05) is 31.7 Å². The van der Waals surface area contributed by atoms with Crippen molar-refractivity contribution in [1.82, 2.24) is 10.0 Å². The summed E-state index contributed by atoms with van der Waals surface area (Å²) in [7, 11) is -3.39. The van der Waals surface area contributed by atoms with E-state index in [1.165, 1.54) is 6.92 Å². The Morgan fingerprint density at radius 2 is 1.96 bits per heavy atom. The molecule has 2 heterocycles. The predicted molar refractivity (Wildman–Crippen MR) is 107 cm³/mol. The van der Waals surface area contributed by atoms with Gasteiger partial charge in [0.25, 0.3) is 0 Å². The number of hydrogen-bond donors (Lipinski definition) is 2. The molecule has 2 saturated heterocycles. The van der Waals surface area contributed by atoms with Gasteiger partial charge in [-0.05, 0) is 44.5 Å². The van der Waals surface area contributed by atoms with Crippen LogP contribution in [0.25, 0.3) is 0 Å². The molecule has 3 atom stereocenters. The summed E-state index contributed by atoms with van der Waals surface area (Å²) in [5.41, 5.74) is 1.07. The van der Waals surface area contributed by atoms with Crippen molar-refractivity contribution in [1.29, 1.82) is 0 Å². The number of hydrogen-bond acceptors (Lipinski definition) is 6. The first-order valence-electron chi connectivity index (χ1n) is 9.62. The number of anilines is 1. The summed E-state index contributed by atoms with van der Waals surface area (Å²) < 4.78 is 38.3. The van der Waals surface area contributed by atoms with E-state index in [4.69, 9.17) is 9.47 Å². The third-order valence-corrected chi connectivity index (χ3v) is 6.92. The topological polar surface area (TPSA) is 97.0 Å². The van der Waals surface area contributed by atoms with Gasteiger partial charge in [-0.3, -0.25) is 4.79 Å². The summed E-state index contributed by atoms with van der Waals surface area (Å²) in [5, 5.41) is 2.45. The molecule has 1 aromatic rings. The Morgan fingerprint density at radius 1 is 1.25 bits per heavy atom. The van der Waals surface area contributed by atoms with Gasteiger partial charge in [-0.25, -0.2) is 13.1 Å². The van der Waals surface area contributed by atoms with Gasteiger partial charge in [-0.2, -0.15) is 0 Å². The third-order valence-electron chi connectivity index (χ3n) is 5.05. The number of rotatable bonds is 7. The number of benzene rings is 1. The number of nitrogens with one attached hydrogen (secondary N) is 2. The van der Waals surface area contributed by atoms with E-state index in [-0.39, 0.29) is 18.1 Å². The lowest BCUT2D eigenvalue weighted by Gasteiger charge is -2.22. The maximum atomic E-state index is 12.1. The molecule has 28 heavy (non-hydrogen) atoms. The second-order valence-electron chi connectivity index (χ2n) is 7.64. The molecule has 0 aliphatic carbocycles. The number of nitrogens with zero attached hydrogens (tertiary/aromatic N) is 1. The van der Waals surface area contributed by atoms with Gasteiger partial charge in [-0.15, -0.1) is 0 Å². The van der Waals surface area contributed by atoms with Crippen molar-refractivity contribution in [3.63, 3.8) is 0 Å². The van der Waals surface area contributed by atoms with E-state index < -0.39 is 21.3 Å². The molecule has 0 bridgehead atoms. The van der Waals surface area contributed by atoms with E-state index in [1.807, 2.05) is 24.3 Å². The maximum absolute atomic E-state index is 12.1. The van der Waals surface area contributed by atoms with Crippen LogP contribution in [0.1, 0.15) is 27.2 Å². The first-order valence-corrected chi connectivity index (χ1v) is 11.2. The molecule has 2 aliphatic rings. The fraction of sp³-hybridized carbons (Fsp3) is 0.632. The summed E-state index contributed by atoms with van der Waals surface area (Å²) in [5.74, 6) is 0.669. The van der Waals surface area contributed by atoms with Crippen LogP contribution in [0.15, 0.2) is 24.3 Å². The number of carbonyl (C=O) groups excluding carboxylic acids is 1. The standard InChI is InChI=1S/C19H29N3O5S/c1-13(2)28(24,25)21-18-11-26-12-19(18)27-17-6-4-16(5-7-17)22-9-8-15(10-22)20-14(3)23/h4-7,13,15,18-19,21H,8-12H2,1-3H3,(H,20,23). The number of amides is 1. The SMILES string of the molecule is CC(=O)NC1CCN(c2ccc(OC3COCC3NS(=O)(=O)C(C)C)cc2)C1. The Balaban J connectivity index is 1.57.